The van der Waals surface area contributed by atoms with E-state index in [1.165, 1.54) is 18.2 Å². The predicted octanol–water partition coefficient (Wildman–Crippen LogP) is 2.39. The van der Waals surface area contributed by atoms with Crippen LogP contribution < -0.4 is 26.2 Å². The molecule has 0 spiro atoms. The number of nitrogens with one attached hydrogen (secondary N) is 4. The lowest BCUT2D eigenvalue weighted by Gasteiger charge is -2.22. The Morgan fingerprint density at radius 3 is 2.50 bits per heavy atom. The monoisotopic (exact) mass is 416 g/mol. The number of ether oxygens (including phenoxy) is 1. The number of carbonyl (C=O) groups excluding carboxylic acids is 1. The minimum absolute atomic E-state index is 0.134. The molecule has 0 aromatic heterocycles. The van der Waals surface area contributed by atoms with Crippen molar-refractivity contribution >= 4 is 5.91 Å². The second-order valence-corrected chi connectivity index (χ2v) is 7.76. The second-order valence-electron chi connectivity index (χ2n) is 7.76. The summed E-state index contributed by atoms with van der Waals surface area (Å²) in [7, 11) is 1.56. The van der Waals surface area contributed by atoms with E-state index in [0.29, 0.717) is 17.4 Å². The summed E-state index contributed by atoms with van der Waals surface area (Å²) in [5.41, 5.74) is 7.40. The van der Waals surface area contributed by atoms with Crippen molar-refractivity contribution in [3.8, 4) is 5.75 Å². The fourth-order valence-electron chi connectivity index (χ4n) is 3.75. The molecule has 2 fully saturated rings. The molecule has 1 saturated carbocycles. The molecule has 2 aromatic carbocycles. The molecule has 6 nitrogen and oxygen atoms in total. The van der Waals surface area contributed by atoms with Crippen molar-refractivity contribution in [3.63, 3.8) is 0 Å². The van der Waals surface area contributed by atoms with Crippen molar-refractivity contribution in [2.24, 2.45) is 0 Å². The molecule has 1 heterocycles. The smallest absolute Gasteiger partial charge is 0.251 e. The Labute approximate surface area is 174 Å². The van der Waals surface area contributed by atoms with Gasteiger partial charge in [0.15, 0.2) is 0 Å². The molecule has 8 heteroatoms. The van der Waals surface area contributed by atoms with Crippen molar-refractivity contribution in [2.45, 2.75) is 30.8 Å². The van der Waals surface area contributed by atoms with E-state index in [4.69, 9.17) is 4.74 Å². The van der Waals surface area contributed by atoms with E-state index >= 15 is 0 Å². The number of halogens is 2. The van der Waals surface area contributed by atoms with E-state index in [0.717, 1.165) is 31.5 Å². The molecule has 160 valence electrons. The Kier molecular flexibility index (Phi) is 6.26. The van der Waals surface area contributed by atoms with E-state index in [9.17, 15) is 13.6 Å². The van der Waals surface area contributed by atoms with Crippen molar-refractivity contribution in [2.75, 3.05) is 26.7 Å². The van der Waals surface area contributed by atoms with Gasteiger partial charge in [-0.1, -0.05) is 12.1 Å². The highest BCUT2D eigenvalue weighted by molar-refractivity contribution is 5.95. The van der Waals surface area contributed by atoms with Gasteiger partial charge < -0.3 is 15.4 Å². The van der Waals surface area contributed by atoms with Gasteiger partial charge in [0.1, 0.15) is 17.4 Å². The SMILES string of the molecule is COc1cc(C(=O)N[C@H](CNC2CC2)c2c(F)cccc2F)ccc1C1CNNC1. The number of methoxy groups -OCH3 is 1. The Hall–Kier alpha value is -2.55. The highest BCUT2D eigenvalue weighted by Gasteiger charge is 2.27. The molecule has 4 N–H and O–H groups in total. The number of hydrogen-bond donors (Lipinski definition) is 4. The number of hydrazine groups is 1. The Bertz CT molecular complexity index is 894. The average molecular weight is 416 g/mol. The van der Waals surface area contributed by atoms with Crippen LogP contribution in [-0.4, -0.2) is 38.7 Å². The van der Waals surface area contributed by atoms with Crippen LogP contribution in [0.4, 0.5) is 8.78 Å². The third-order valence-electron chi connectivity index (χ3n) is 5.60. The van der Waals surface area contributed by atoms with Gasteiger partial charge in [-0.15, -0.1) is 0 Å². The second kappa shape index (κ2) is 9.07. The third-order valence-corrected chi connectivity index (χ3v) is 5.60. The van der Waals surface area contributed by atoms with E-state index in [1.54, 1.807) is 19.2 Å². The molecule has 0 unspecified atom stereocenters. The van der Waals surface area contributed by atoms with Gasteiger partial charge in [0.2, 0.25) is 0 Å². The van der Waals surface area contributed by atoms with Crippen molar-refractivity contribution < 1.29 is 18.3 Å². The normalized spacial score (nSPS) is 17.7. The lowest BCUT2D eigenvalue weighted by Crippen LogP contribution is -2.37. The standard InChI is InChI=1S/C22H26F2N4O2/c1-30-20-9-13(5-8-16(20)14-10-26-27-11-14)22(29)28-19(12-25-15-6-7-15)21-17(23)3-2-4-18(21)24/h2-5,8-9,14-15,19,25-27H,6-7,10-12H2,1H3,(H,28,29)/t19-/m1/s1. The van der Waals surface area contributed by atoms with Gasteiger partial charge in [0.25, 0.3) is 5.91 Å². The fraction of sp³-hybridized carbons (Fsp3) is 0.409. The maximum Gasteiger partial charge on any atom is 0.251 e. The minimum atomic E-state index is -0.826. The Morgan fingerprint density at radius 2 is 1.87 bits per heavy atom. The summed E-state index contributed by atoms with van der Waals surface area (Å²) in [5.74, 6) is -0.908. The zero-order chi connectivity index (χ0) is 21.1. The van der Waals surface area contributed by atoms with Crippen LogP contribution in [-0.2, 0) is 0 Å². The maximum atomic E-state index is 14.4. The molecule has 1 aliphatic heterocycles. The van der Waals surface area contributed by atoms with Crippen LogP contribution in [0.2, 0.25) is 0 Å². The summed E-state index contributed by atoms with van der Waals surface area (Å²) >= 11 is 0. The van der Waals surface area contributed by atoms with Gasteiger partial charge in [0.05, 0.1) is 13.2 Å². The van der Waals surface area contributed by atoms with Crippen molar-refractivity contribution in [1.29, 1.82) is 0 Å². The first-order valence-electron chi connectivity index (χ1n) is 10.2. The molecule has 0 bridgehead atoms. The summed E-state index contributed by atoms with van der Waals surface area (Å²) in [4.78, 5) is 12.9. The van der Waals surface area contributed by atoms with Crippen LogP contribution >= 0.6 is 0 Å². The summed E-state index contributed by atoms with van der Waals surface area (Å²) in [6.07, 6.45) is 2.06. The highest BCUT2D eigenvalue weighted by atomic mass is 19.1. The molecule has 30 heavy (non-hydrogen) atoms. The van der Waals surface area contributed by atoms with E-state index in [2.05, 4.69) is 21.5 Å². The van der Waals surface area contributed by atoms with E-state index in [-0.39, 0.29) is 18.0 Å². The largest absolute Gasteiger partial charge is 0.496 e. The number of amides is 1. The van der Waals surface area contributed by atoms with Gasteiger partial charge in [0, 0.05) is 42.7 Å². The summed E-state index contributed by atoms with van der Waals surface area (Å²) in [5, 5.41) is 6.04. The predicted molar refractivity (Wildman–Crippen MR) is 109 cm³/mol. The molecular formula is C22H26F2N4O2. The van der Waals surface area contributed by atoms with Gasteiger partial charge in [-0.25, -0.2) is 8.78 Å². The third kappa shape index (κ3) is 4.61. The van der Waals surface area contributed by atoms with Crippen molar-refractivity contribution in [3.05, 3.63) is 64.7 Å². The Balaban J connectivity index is 1.55. The summed E-state index contributed by atoms with van der Waals surface area (Å²) < 4.78 is 34.3. The van der Waals surface area contributed by atoms with Crippen LogP contribution in [0.3, 0.4) is 0 Å². The first-order valence-corrected chi connectivity index (χ1v) is 10.2. The van der Waals surface area contributed by atoms with Crippen LogP contribution in [0.25, 0.3) is 0 Å². The van der Waals surface area contributed by atoms with E-state index < -0.39 is 23.6 Å². The van der Waals surface area contributed by atoms with Crippen LogP contribution in [0, 0.1) is 11.6 Å². The van der Waals surface area contributed by atoms with Crippen LogP contribution in [0.15, 0.2) is 36.4 Å². The minimum Gasteiger partial charge on any atom is -0.496 e. The molecule has 1 amide bonds. The van der Waals surface area contributed by atoms with Gasteiger partial charge in [-0.3, -0.25) is 15.6 Å². The number of carbonyl (C=O) groups is 1. The molecule has 1 saturated heterocycles. The van der Waals surface area contributed by atoms with Gasteiger partial charge in [-0.2, -0.15) is 0 Å². The summed E-state index contributed by atoms with van der Waals surface area (Å²) in [6.45, 7) is 1.79. The van der Waals surface area contributed by atoms with E-state index in [1.807, 2.05) is 6.07 Å². The Morgan fingerprint density at radius 1 is 1.17 bits per heavy atom. The zero-order valence-electron chi connectivity index (χ0n) is 16.8. The van der Waals surface area contributed by atoms with Crippen LogP contribution in [0.1, 0.15) is 46.3 Å². The highest BCUT2D eigenvalue weighted by Crippen LogP contribution is 2.29. The lowest BCUT2D eigenvalue weighted by atomic mass is 9.97. The molecule has 0 radical (unpaired) electrons. The first-order chi connectivity index (χ1) is 14.6. The molecule has 1 atom stereocenters. The summed E-state index contributed by atoms with van der Waals surface area (Å²) in [6, 6.07) is 8.50. The quantitative estimate of drug-likeness (QED) is 0.532. The fourth-order valence-corrected chi connectivity index (χ4v) is 3.75. The molecule has 1 aliphatic carbocycles. The molecular weight excluding hydrogens is 390 g/mol. The van der Waals surface area contributed by atoms with Crippen LogP contribution in [0.5, 0.6) is 5.75 Å². The molecule has 4 rings (SSSR count). The van der Waals surface area contributed by atoms with Crippen molar-refractivity contribution in [1.82, 2.24) is 21.5 Å². The maximum absolute atomic E-state index is 14.4. The van der Waals surface area contributed by atoms with Gasteiger partial charge >= 0.3 is 0 Å². The first kappa shape index (κ1) is 20.7. The number of rotatable bonds is 8. The zero-order valence-corrected chi connectivity index (χ0v) is 16.8. The molecule has 2 aliphatic rings. The molecule has 2 aromatic rings. The topological polar surface area (TPSA) is 74.4 Å². The number of hydrogen-bond acceptors (Lipinski definition) is 5. The average Bonchev–Trinajstić information content (AvgIpc) is 3.42. The van der Waals surface area contributed by atoms with Gasteiger partial charge in [-0.05, 0) is 42.7 Å². The number of benzene rings is 2. The lowest BCUT2D eigenvalue weighted by molar-refractivity contribution is 0.0934.